The van der Waals surface area contributed by atoms with E-state index in [0.29, 0.717) is 33.7 Å². The molecule has 0 saturated carbocycles. The number of amides is 1. The van der Waals surface area contributed by atoms with Crippen LogP contribution in [0.4, 0.5) is 4.39 Å². The predicted molar refractivity (Wildman–Crippen MR) is 157 cm³/mol. The lowest BCUT2D eigenvalue weighted by Crippen LogP contribution is -2.31. The normalized spacial score (nSPS) is 17.0. The zero-order valence-corrected chi connectivity index (χ0v) is 24.0. The smallest absolute Gasteiger partial charge is 0.242 e. The Balaban J connectivity index is 1.30. The van der Waals surface area contributed by atoms with E-state index in [1.807, 2.05) is 10.8 Å². The fourth-order valence-electron chi connectivity index (χ4n) is 4.90. The van der Waals surface area contributed by atoms with Crippen LogP contribution in [0.25, 0.3) is 11.0 Å². The van der Waals surface area contributed by atoms with Crippen molar-refractivity contribution in [1.82, 2.24) is 19.4 Å². The average molecular weight is 621 g/mol. The molecular weight excluding hydrogens is 595 g/mol. The van der Waals surface area contributed by atoms with Crippen LogP contribution in [0, 0.1) is 5.82 Å². The highest BCUT2D eigenvalue weighted by molar-refractivity contribution is 7.90. The molecular formula is C30H25FN4O6S2. The molecule has 6 rings (SSSR count). The average Bonchev–Trinajstić information content (AvgIpc) is 3.52. The number of nitrogens with zero attached hydrogens (tertiary/aromatic N) is 1. The molecule has 2 atom stereocenters. The molecule has 0 spiro atoms. The highest BCUT2D eigenvalue weighted by Gasteiger charge is 2.37. The predicted octanol–water partition coefficient (Wildman–Crippen LogP) is 4.65. The van der Waals surface area contributed by atoms with E-state index < -0.39 is 43.1 Å². The van der Waals surface area contributed by atoms with Crippen LogP contribution in [-0.4, -0.2) is 32.7 Å². The van der Waals surface area contributed by atoms with E-state index in [1.54, 1.807) is 60.7 Å². The number of carbonyl (C=O) groups excluding carboxylic acids is 1. The number of carbonyl (C=O) groups is 1. The first-order chi connectivity index (χ1) is 20.6. The standard InChI is InChI=1S/C30H25FN4O6S2/c31-21-13-14-25-26(16-21)33-30(32-25)27(15-19-9-11-20(12-10-19)28-18-29(36)35-43(28,39)40)34-42(37,38)24-8-4-7-23(17-24)41-22-5-2-1-3-6-22/h1-14,16-17,27-28,34H,15,18H2,(H,32,33)(H,35,36)/t27-,28?/m0/s1. The van der Waals surface area contributed by atoms with Crippen molar-refractivity contribution in [2.24, 2.45) is 0 Å². The number of benzene rings is 4. The van der Waals surface area contributed by atoms with Gasteiger partial charge in [-0.2, -0.15) is 0 Å². The van der Waals surface area contributed by atoms with Gasteiger partial charge in [0, 0.05) is 6.07 Å². The van der Waals surface area contributed by atoms with Crippen LogP contribution in [0.5, 0.6) is 11.5 Å². The van der Waals surface area contributed by atoms with Crippen molar-refractivity contribution >= 4 is 37.0 Å². The molecule has 3 N–H and O–H groups in total. The fourth-order valence-corrected chi connectivity index (χ4v) is 7.56. The van der Waals surface area contributed by atoms with Crippen molar-refractivity contribution in [1.29, 1.82) is 0 Å². The highest BCUT2D eigenvalue weighted by atomic mass is 32.2. The van der Waals surface area contributed by atoms with Gasteiger partial charge in [0.1, 0.15) is 28.4 Å². The van der Waals surface area contributed by atoms with Gasteiger partial charge in [-0.3, -0.25) is 9.52 Å². The van der Waals surface area contributed by atoms with Gasteiger partial charge in [0.15, 0.2) is 0 Å². The maximum absolute atomic E-state index is 13.9. The van der Waals surface area contributed by atoms with E-state index >= 15 is 0 Å². The van der Waals surface area contributed by atoms with Crippen LogP contribution in [0.2, 0.25) is 0 Å². The van der Waals surface area contributed by atoms with Gasteiger partial charge in [0.2, 0.25) is 26.0 Å². The quantitative estimate of drug-likeness (QED) is 0.217. The first-order valence-electron chi connectivity index (χ1n) is 13.2. The summed E-state index contributed by atoms with van der Waals surface area (Å²) in [6, 6.07) is 24.7. The molecule has 1 saturated heterocycles. The van der Waals surface area contributed by atoms with Gasteiger partial charge >= 0.3 is 0 Å². The number of nitrogens with one attached hydrogen (secondary N) is 3. The number of hydrogen-bond acceptors (Lipinski definition) is 7. The molecule has 43 heavy (non-hydrogen) atoms. The highest BCUT2D eigenvalue weighted by Crippen LogP contribution is 2.31. The van der Waals surface area contributed by atoms with Crippen LogP contribution in [-0.2, 0) is 31.3 Å². The number of fused-ring (bicyclic) bond motifs is 1. The molecule has 0 radical (unpaired) electrons. The summed E-state index contributed by atoms with van der Waals surface area (Å²) in [6.07, 6.45) is -0.0523. The Morgan fingerprint density at radius 3 is 2.42 bits per heavy atom. The summed E-state index contributed by atoms with van der Waals surface area (Å²) < 4.78 is 76.3. The summed E-state index contributed by atoms with van der Waals surface area (Å²) in [6.45, 7) is 0. The summed E-state index contributed by atoms with van der Waals surface area (Å²) in [5, 5.41) is -1.00. The van der Waals surface area contributed by atoms with Crippen molar-refractivity contribution in [3.05, 3.63) is 120 Å². The van der Waals surface area contributed by atoms with Crippen LogP contribution in [0.1, 0.15) is 34.7 Å². The molecule has 1 aliphatic heterocycles. The van der Waals surface area contributed by atoms with Gasteiger partial charge in [0.25, 0.3) is 0 Å². The molecule has 2 heterocycles. The van der Waals surface area contributed by atoms with E-state index in [4.69, 9.17) is 4.74 Å². The molecule has 1 aliphatic rings. The van der Waals surface area contributed by atoms with Gasteiger partial charge < -0.3 is 9.72 Å². The number of para-hydroxylation sites is 1. The Morgan fingerprint density at radius 1 is 0.953 bits per heavy atom. The molecule has 1 unspecified atom stereocenters. The number of ether oxygens (including phenoxy) is 1. The minimum Gasteiger partial charge on any atom is -0.457 e. The number of halogens is 1. The third kappa shape index (κ3) is 6.28. The Bertz CT molecular complexity index is 2030. The van der Waals surface area contributed by atoms with Gasteiger partial charge in [-0.25, -0.2) is 30.9 Å². The molecule has 1 aromatic heterocycles. The minimum absolute atomic E-state index is 0.0351. The summed E-state index contributed by atoms with van der Waals surface area (Å²) >= 11 is 0. The van der Waals surface area contributed by atoms with Crippen LogP contribution in [0.3, 0.4) is 0 Å². The molecule has 220 valence electrons. The monoisotopic (exact) mass is 620 g/mol. The number of hydrogen-bond donors (Lipinski definition) is 3. The Kier molecular flexibility index (Phi) is 7.46. The van der Waals surface area contributed by atoms with Gasteiger partial charge in [-0.05, 0) is 60.0 Å². The van der Waals surface area contributed by atoms with Crippen LogP contribution < -0.4 is 14.2 Å². The number of H-pyrrole nitrogens is 1. The van der Waals surface area contributed by atoms with Gasteiger partial charge in [0.05, 0.1) is 28.4 Å². The van der Waals surface area contributed by atoms with Crippen molar-refractivity contribution in [2.75, 3.05) is 0 Å². The molecule has 1 fully saturated rings. The molecule has 13 heteroatoms. The van der Waals surface area contributed by atoms with Crippen molar-refractivity contribution in [2.45, 2.75) is 29.0 Å². The van der Waals surface area contributed by atoms with Crippen LogP contribution >= 0.6 is 0 Å². The third-order valence-electron chi connectivity index (χ3n) is 6.98. The second kappa shape index (κ2) is 11.2. The van der Waals surface area contributed by atoms with Crippen molar-refractivity contribution < 1.29 is 30.8 Å². The van der Waals surface area contributed by atoms with E-state index in [1.165, 1.54) is 30.3 Å². The number of aromatic amines is 1. The molecule has 5 aromatic rings. The number of imidazole rings is 1. The van der Waals surface area contributed by atoms with E-state index in [2.05, 4.69) is 14.7 Å². The Labute approximate surface area is 247 Å². The third-order valence-corrected chi connectivity index (χ3v) is 10.1. The second-order valence-electron chi connectivity index (χ2n) is 10.1. The fraction of sp³-hybridized carbons (Fsp3) is 0.133. The van der Waals surface area contributed by atoms with E-state index in [9.17, 15) is 26.0 Å². The Hall–Kier alpha value is -4.59. The van der Waals surface area contributed by atoms with Crippen LogP contribution in [0.15, 0.2) is 102 Å². The molecule has 10 nitrogen and oxygen atoms in total. The summed E-state index contributed by atoms with van der Waals surface area (Å²) in [4.78, 5) is 19.2. The zero-order valence-electron chi connectivity index (χ0n) is 22.4. The van der Waals surface area contributed by atoms with Gasteiger partial charge in [-0.15, -0.1) is 0 Å². The SMILES string of the molecule is O=C1CC(c2ccc(C[C@H](NS(=O)(=O)c3cccc(Oc4ccccc4)c3)c3nc4ccc(F)cc4[nH]3)cc2)S(=O)(=O)N1. The van der Waals surface area contributed by atoms with Gasteiger partial charge in [-0.1, -0.05) is 48.5 Å². The minimum atomic E-state index is -4.12. The summed E-state index contributed by atoms with van der Waals surface area (Å²) in [7, 11) is -7.93. The largest absolute Gasteiger partial charge is 0.457 e. The van der Waals surface area contributed by atoms with Crippen molar-refractivity contribution in [3.8, 4) is 11.5 Å². The lowest BCUT2D eigenvalue weighted by atomic mass is 10.0. The second-order valence-corrected chi connectivity index (χ2v) is 13.6. The maximum atomic E-state index is 13.9. The molecule has 0 bridgehead atoms. The van der Waals surface area contributed by atoms with E-state index in [0.717, 1.165) is 0 Å². The lowest BCUT2D eigenvalue weighted by Gasteiger charge is -2.18. The first kappa shape index (κ1) is 28.5. The topological polar surface area (TPSA) is 147 Å². The Morgan fingerprint density at radius 2 is 1.70 bits per heavy atom. The van der Waals surface area contributed by atoms with E-state index in [-0.39, 0.29) is 23.6 Å². The molecule has 4 aromatic carbocycles. The van der Waals surface area contributed by atoms with Crippen molar-refractivity contribution in [3.63, 3.8) is 0 Å². The molecule has 1 amide bonds. The summed E-state index contributed by atoms with van der Waals surface area (Å²) in [5.41, 5.74) is 1.96. The first-order valence-corrected chi connectivity index (χ1v) is 16.2. The number of rotatable bonds is 9. The molecule has 0 aliphatic carbocycles. The number of sulfonamides is 2. The maximum Gasteiger partial charge on any atom is 0.242 e. The summed E-state index contributed by atoms with van der Waals surface area (Å²) in [5.74, 6) is 0.100. The lowest BCUT2D eigenvalue weighted by molar-refractivity contribution is -0.118. The number of aromatic nitrogens is 2. The zero-order chi connectivity index (χ0) is 30.2.